The van der Waals surface area contributed by atoms with Gasteiger partial charge in [0.2, 0.25) is 0 Å². The van der Waals surface area contributed by atoms with Crippen molar-refractivity contribution in [3.05, 3.63) is 35.1 Å². The Morgan fingerprint density at radius 1 is 1.20 bits per heavy atom. The molecule has 0 aliphatic heterocycles. The van der Waals surface area contributed by atoms with E-state index in [1.165, 1.54) is 9.65 Å². The Labute approximate surface area is 155 Å². The van der Waals surface area contributed by atoms with Crippen molar-refractivity contribution >= 4 is 93.9 Å². The summed E-state index contributed by atoms with van der Waals surface area (Å²) in [5.41, 5.74) is 0. The Morgan fingerprint density at radius 3 is 2.30 bits per heavy atom. The fourth-order valence-corrected chi connectivity index (χ4v) is 7.61. The minimum atomic E-state index is -2.38. The van der Waals surface area contributed by atoms with Crippen LogP contribution in [0, 0.1) is 5.82 Å². The van der Waals surface area contributed by atoms with Crippen molar-refractivity contribution in [2.45, 2.75) is 14.8 Å². The van der Waals surface area contributed by atoms with E-state index in [4.69, 9.17) is 14.3 Å². The zero-order chi connectivity index (χ0) is 13.5. The molecule has 0 fully saturated rings. The predicted octanol–water partition coefficient (Wildman–Crippen LogP) is 3.43. The van der Waals surface area contributed by atoms with E-state index in [1.54, 1.807) is 6.07 Å². The molecule has 1 nitrogen and oxygen atoms in total. The summed E-state index contributed by atoms with van der Waals surface area (Å²) < 4.78 is 20.4. The third-order valence-electron chi connectivity index (χ3n) is 2.92. The van der Waals surface area contributed by atoms with E-state index < -0.39 is 18.4 Å². The minimum absolute atomic E-state index is 0. The van der Waals surface area contributed by atoms with Crippen LogP contribution in [-0.4, -0.2) is 44.6 Å². The van der Waals surface area contributed by atoms with Gasteiger partial charge in [0, 0.05) is 0 Å². The number of thiol groups is 1. The van der Waals surface area contributed by atoms with Gasteiger partial charge in [-0.05, 0) is 0 Å². The first-order valence-electron chi connectivity index (χ1n) is 5.63. The van der Waals surface area contributed by atoms with Crippen LogP contribution in [-0.2, 0) is 13.5 Å². The molecule has 0 aliphatic rings. The number of rotatable bonds is 2. The average molecular weight is 630 g/mol. The van der Waals surface area contributed by atoms with Crippen LogP contribution in [0.3, 0.4) is 0 Å². The second-order valence-corrected chi connectivity index (χ2v) is 21.0. The first-order chi connectivity index (χ1) is 8.34. The van der Waals surface area contributed by atoms with Gasteiger partial charge < -0.3 is 13.5 Å². The smallest absolute Gasteiger partial charge is 0.813 e. The van der Waals surface area contributed by atoms with E-state index in [-0.39, 0.29) is 34.2 Å². The maximum Gasteiger partial charge on any atom is -0.813 e. The number of hydrogen-bond acceptors (Lipinski definition) is 2. The van der Waals surface area contributed by atoms with E-state index in [0.717, 1.165) is 16.5 Å². The van der Waals surface area contributed by atoms with Gasteiger partial charge in [0.25, 0.3) is 0 Å². The summed E-state index contributed by atoms with van der Waals surface area (Å²) in [5.74, 6) is 0.541. The van der Waals surface area contributed by atoms with Crippen molar-refractivity contribution < 1.29 is 7.08 Å². The van der Waals surface area contributed by atoms with Crippen LogP contribution in [0.4, 0.5) is 4.39 Å². The van der Waals surface area contributed by atoms with Gasteiger partial charge >= 0.3 is 133 Å². The maximum absolute atomic E-state index is 13.7. The summed E-state index contributed by atoms with van der Waals surface area (Å²) in [6.07, 6.45) is 0. The molecule has 0 saturated heterocycles. The average Bonchev–Trinajstić information content (AvgIpc) is 2.31. The molecule has 0 N–H and O–H groups in total. The van der Waals surface area contributed by atoms with Gasteiger partial charge in [-0.3, -0.25) is 0 Å². The molecule has 0 radical (unpaired) electrons. The van der Waals surface area contributed by atoms with Crippen LogP contribution in [0.25, 0.3) is 10.8 Å². The Kier molecular flexibility index (Phi) is 8.68. The molecule has 0 aromatic heterocycles. The molecule has 2 rings (SSSR count). The molecule has 0 bridgehead atoms. The predicted molar refractivity (Wildman–Crippen MR) is 98.1 cm³/mol. The Morgan fingerprint density at radius 2 is 1.80 bits per heavy atom. The molecular formula is C13H17ClFOPSSnTl-. The molecule has 0 spiro atoms. The molecule has 2 aromatic carbocycles. The first-order valence-corrected chi connectivity index (χ1v) is 17.8. The molecular weight excluding hydrogens is 613 g/mol. The van der Waals surface area contributed by atoms with Gasteiger partial charge in [-0.15, -0.1) is 0 Å². The molecule has 1 atom stereocenters. The fourth-order valence-electron chi connectivity index (χ4n) is 2.03. The quantitative estimate of drug-likeness (QED) is 0.218. The van der Waals surface area contributed by atoms with E-state index >= 15 is 0 Å². The Bertz CT molecular complexity index is 621. The summed E-state index contributed by atoms with van der Waals surface area (Å²) in [6, 6.07) is 7.21. The summed E-state index contributed by atoms with van der Waals surface area (Å²) in [4.78, 5) is 6.89. The zero-order valence-electron chi connectivity index (χ0n) is 11.7. The van der Waals surface area contributed by atoms with Crippen LogP contribution in [0.1, 0.15) is 0 Å². The van der Waals surface area contributed by atoms with Crippen LogP contribution < -0.4 is 6.27 Å². The minimum Gasteiger partial charge on any atom is -0.813 e. The topological polar surface area (TPSA) is 9.23 Å². The van der Waals surface area contributed by atoms with Crippen molar-refractivity contribution in [3.63, 3.8) is 0 Å². The standard InChI is InChI=1S/C10H5ClFO.3CH3.H3P.H2S.Sn.Tl/c11-10-8-3-2-7(13)5-6(8)1-4-9(10)12;;;;;;;/h1-2,4-5,13H;4*1H3;1H2;;/q;;;;;;;+1/p-2. The third-order valence-corrected chi connectivity index (χ3v) is 10.1. The first kappa shape index (κ1) is 21.2. The SMILES string of the molecule is P.[CH3][Sn]([CH3])([CH3])[c]1cc([O][Tl])cc2ccc(F)c(Cl)c12.[SH-]. The Balaban J connectivity index is 0.00000180. The van der Waals surface area contributed by atoms with Crippen molar-refractivity contribution in [1.29, 1.82) is 0 Å². The molecule has 0 heterocycles. The molecule has 7 heteroatoms. The van der Waals surface area contributed by atoms with E-state index in [0.29, 0.717) is 26.2 Å². The normalized spacial score (nSPS) is 10.6. The third kappa shape index (κ3) is 4.37. The molecule has 0 saturated carbocycles. The molecule has 1 unspecified atom stereocenters. The fraction of sp³-hybridized carbons (Fsp3) is 0.231. The summed E-state index contributed by atoms with van der Waals surface area (Å²) in [7, 11) is 0. The molecule has 108 valence electrons. The number of halogens is 2. The molecule has 20 heavy (non-hydrogen) atoms. The van der Waals surface area contributed by atoms with Gasteiger partial charge in [0.1, 0.15) is 0 Å². The summed E-state index contributed by atoms with van der Waals surface area (Å²) >= 11 is 4.23. The van der Waals surface area contributed by atoms with Crippen molar-refractivity contribution in [2.24, 2.45) is 0 Å². The second-order valence-electron chi connectivity index (χ2n) is 5.30. The van der Waals surface area contributed by atoms with Gasteiger partial charge in [0.15, 0.2) is 0 Å². The van der Waals surface area contributed by atoms with E-state index in [2.05, 4.69) is 20.9 Å². The number of benzene rings is 2. The molecule has 2 aromatic rings. The van der Waals surface area contributed by atoms with Gasteiger partial charge in [-0.25, -0.2) is 0 Å². The summed E-state index contributed by atoms with van der Waals surface area (Å²) in [5, 5.41) is 2.10. The van der Waals surface area contributed by atoms with E-state index in [1.807, 2.05) is 6.07 Å². The number of hydrogen-bond donors (Lipinski definition) is 0. The zero-order valence-corrected chi connectivity index (χ0v) is 22.1. The van der Waals surface area contributed by atoms with Gasteiger partial charge in [-0.2, -0.15) is 9.90 Å². The van der Waals surface area contributed by atoms with Gasteiger partial charge in [0.05, 0.1) is 0 Å². The molecule has 0 amide bonds. The van der Waals surface area contributed by atoms with Crippen LogP contribution in [0.5, 0.6) is 5.75 Å². The van der Waals surface area contributed by atoms with Crippen molar-refractivity contribution in [1.82, 2.24) is 0 Å². The second kappa shape index (κ2) is 8.18. The van der Waals surface area contributed by atoms with Crippen LogP contribution in [0.15, 0.2) is 24.3 Å². The monoisotopic (exact) mass is 631 g/mol. The number of fused-ring (bicyclic) bond motifs is 1. The van der Waals surface area contributed by atoms with E-state index in [9.17, 15) is 4.39 Å². The summed E-state index contributed by atoms with van der Waals surface area (Å²) in [6.45, 7) is 0. The maximum atomic E-state index is 13.7. The Hall–Kier alpha value is 1.22. The van der Waals surface area contributed by atoms with Crippen molar-refractivity contribution in [3.8, 4) is 5.75 Å². The van der Waals surface area contributed by atoms with Gasteiger partial charge in [-0.1, -0.05) is 0 Å². The van der Waals surface area contributed by atoms with Crippen LogP contribution >= 0.6 is 21.5 Å². The van der Waals surface area contributed by atoms with Crippen LogP contribution in [0.2, 0.25) is 19.8 Å². The largest absolute Gasteiger partial charge is 0.813 e. The van der Waals surface area contributed by atoms with Crippen molar-refractivity contribution in [2.75, 3.05) is 0 Å². The molecule has 0 aliphatic carbocycles.